The highest BCUT2D eigenvalue weighted by Crippen LogP contribution is 2.28. The van der Waals surface area contributed by atoms with Gasteiger partial charge in [-0.15, -0.1) is 11.3 Å². The SMILES string of the molecule is CC(CNC(=O)C1Cc2ccccc2O1)N1CCc2sccc2C1. The number of amides is 1. The van der Waals surface area contributed by atoms with Gasteiger partial charge in [0.2, 0.25) is 0 Å². The number of para-hydroxylation sites is 1. The van der Waals surface area contributed by atoms with E-state index in [1.54, 1.807) is 0 Å². The molecule has 126 valence electrons. The van der Waals surface area contributed by atoms with E-state index in [1.165, 1.54) is 10.4 Å². The van der Waals surface area contributed by atoms with E-state index in [9.17, 15) is 4.79 Å². The molecule has 2 aliphatic rings. The summed E-state index contributed by atoms with van der Waals surface area (Å²) in [5.74, 6) is 0.831. The minimum Gasteiger partial charge on any atom is -0.480 e. The van der Waals surface area contributed by atoms with Crippen molar-refractivity contribution in [2.75, 3.05) is 13.1 Å². The number of fused-ring (bicyclic) bond motifs is 2. The summed E-state index contributed by atoms with van der Waals surface area (Å²) in [6, 6.07) is 10.4. The molecule has 1 aromatic carbocycles. The topological polar surface area (TPSA) is 41.6 Å². The normalized spacial score (nSPS) is 20.8. The molecule has 3 heterocycles. The first kappa shape index (κ1) is 15.7. The molecule has 0 radical (unpaired) electrons. The van der Waals surface area contributed by atoms with Gasteiger partial charge in [0, 0.05) is 37.0 Å². The number of hydrogen-bond donors (Lipinski definition) is 1. The maximum Gasteiger partial charge on any atom is 0.261 e. The lowest BCUT2D eigenvalue weighted by Crippen LogP contribution is -2.47. The van der Waals surface area contributed by atoms with E-state index < -0.39 is 0 Å². The summed E-state index contributed by atoms with van der Waals surface area (Å²) < 4.78 is 5.76. The molecule has 0 fully saturated rings. The summed E-state index contributed by atoms with van der Waals surface area (Å²) in [5, 5.41) is 5.25. The van der Waals surface area contributed by atoms with Crippen molar-refractivity contribution in [3.05, 3.63) is 51.7 Å². The van der Waals surface area contributed by atoms with Gasteiger partial charge in [-0.3, -0.25) is 9.69 Å². The molecule has 5 heteroatoms. The molecule has 2 unspecified atom stereocenters. The molecule has 24 heavy (non-hydrogen) atoms. The van der Waals surface area contributed by atoms with Gasteiger partial charge in [-0.05, 0) is 42.0 Å². The largest absolute Gasteiger partial charge is 0.480 e. The second-order valence-electron chi connectivity index (χ2n) is 6.60. The number of nitrogens with zero attached hydrogens (tertiary/aromatic N) is 1. The standard InChI is InChI=1S/C19H22N2O2S/c1-13(21-8-6-18-15(12-21)7-9-24-18)11-20-19(22)17-10-14-4-2-3-5-16(14)23-17/h2-5,7,9,13,17H,6,8,10-12H2,1H3,(H,20,22). The first-order valence-electron chi connectivity index (χ1n) is 8.52. The number of thiophene rings is 1. The fraction of sp³-hybridized carbons (Fsp3) is 0.421. The van der Waals surface area contributed by atoms with E-state index in [2.05, 4.69) is 28.6 Å². The Morgan fingerprint density at radius 1 is 1.38 bits per heavy atom. The highest BCUT2D eigenvalue weighted by molar-refractivity contribution is 7.10. The van der Waals surface area contributed by atoms with Gasteiger partial charge >= 0.3 is 0 Å². The summed E-state index contributed by atoms with van der Waals surface area (Å²) >= 11 is 1.86. The molecule has 2 aromatic rings. The number of nitrogens with one attached hydrogen (secondary N) is 1. The smallest absolute Gasteiger partial charge is 0.261 e. The van der Waals surface area contributed by atoms with Crippen molar-refractivity contribution in [2.24, 2.45) is 0 Å². The zero-order chi connectivity index (χ0) is 16.5. The Bertz CT molecular complexity index is 717. The molecule has 1 amide bonds. The lowest BCUT2D eigenvalue weighted by molar-refractivity contribution is -0.127. The average Bonchev–Trinajstić information content (AvgIpc) is 3.24. The van der Waals surface area contributed by atoms with Crippen LogP contribution in [-0.4, -0.2) is 36.0 Å². The summed E-state index contributed by atoms with van der Waals surface area (Å²) in [7, 11) is 0. The van der Waals surface area contributed by atoms with E-state index in [0.29, 0.717) is 19.0 Å². The minimum atomic E-state index is -0.389. The summed E-state index contributed by atoms with van der Waals surface area (Å²) in [6.45, 7) is 4.90. The third-order valence-electron chi connectivity index (χ3n) is 4.97. The highest BCUT2D eigenvalue weighted by atomic mass is 32.1. The second kappa shape index (κ2) is 6.57. The molecule has 0 bridgehead atoms. The lowest BCUT2D eigenvalue weighted by Gasteiger charge is -2.32. The van der Waals surface area contributed by atoms with Crippen LogP contribution in [0.25, 0.3) is 0 Å². The van der Waals surface area contributed by atoms with Crippen molar-refractivity contribution in [1.29, 1.82) is 0 Å². The van der Waals surface area contributed by atoms with Gasteiger partial charge in [-0.1, -0.05) is 18.2 Å². The molecule has 2 atom stereocenters. The van der Waals surface area contributed by atoms with E-state index in [-0.39, 0.29) is 12.0 Å². The van der Waals surface area contributed by atoms with Crippen molar-refractivity contribution in [3.63, 3.8) is 0 Å². The monoisotopic (exact) mass is 342 g/mol. The van der Waals surface area contributed by atoms with E-state index >= 15 is 0 Å². The van der Waals surface area contributed by atoms with Crippen molar-refractivity contribution in [2.45, 2.75) is 38.5 Å². The van der Waals surface area contributed by atoms with Crippen LogP contribution < -0.4 is 10.1 Å². The van der Waals surface area contributed by atoms with Crippen molar-refractivity contribution in [3.8, 4) is 5.75 Å². The predicted molar refractivity (Wildman–Crippen MR) is 95.5 cm³/mol. The van der Waals surface area contributed by atoms with Gasteiger partial charge in [-0.25, -0.2) is 0 Å². The molecule has 0 spiro atoms. The minimum absolute atomic E-state index is 0.00807. The third kappa shape index (κ3) is 3.06. The Hall–Kier alpha value is -1.85. The molecule has 4 rings (SSSR count). The third-order valence-corrected chi connectivity index (χ3v) is 5.99. The molecule has 1 aromatic heterocycles. The molecule has 2 aliphatic heterocycles. The van der Waals surface area contributed by atoms with Crippen LogP contribution in [-0.2, 0) is 24.2 Å². The van der Waals surface area contributed by atoms with Gasteiger partial charge in [0.25, 0.3) is 5.91 Å². The molecule has 1 N–H and O–H groups in total. The van der Waals surface area contributed by atoms with Gasteiger partial charge in [0.15, 0.2) is 6.10 Å². The van der Waals surface area contributed by atoms with E-state index in [4.69, 9.17) is 4.74 Å². The first-order valence-corrected chi connectivity index (χ1v) is 9.40. The van der Waals surface area contributed by atoms with Gasteiger partial charge in [0.1, 0.15) is 5.75 Å². The zero-order valence-corrected chi connectivity index (χ0v) is 14.6. The van der Waals surface area contributed by atoms with Crippen LogP contribution in [0, 0.1) is 0 Å². The Morgan fingerprint density at radius 2 is 2.25 bits per heavy atom. The highest BCUT2D eigenvalue weighted by Gasteiger charge is 2.29. The zero-order valence-electron chi connectivity index (χ0n) is 13.8. The van der Waals surface area contributed by atoms with Crippen LogP contribution in [0.3, 0.4) is 0 Å². The van der Waals surface area contributed by atoms with Gasteiger partial charge in [0.05, 0.1) is 0 Å². The average molecular weight is 342 g/mol. The molecular formula is C19H22N2O2S. The maximum absolute atomic E-state index is 12.4. The fourth-order valence-corrected chi connectivity index (χ4v) is 4.36. The number of rotatable bonds is 4. The summed E-state index contributed by atoms with van der Waals surface area (Å²) in [5.41, 5.74) is 2.56. The van der Waals surface area contributed by atoms with Crippen LogP contribution in [0.1, 0.15) is 22.9 Å². The van der Waals surface area contributed by atoms with Crippen molar-refractivity contribution < 1.29 is 9.53 Å². The van der Waals surface area contributed by atoms with E-state index in [1.807, 2.05) is 35.6 Å². The summed E-state index contributed by atoms with van der Waals surface area (Å²) in [6.07, 6.45) is 1.39. The number of hydrogen-bond acceptors (Lipinski definition) is 4. The molecule has 0 aliphatic carbocycles. The van der Waals surface area contributed by atoms with Crippen LogP contribution in [0.15, 0.2) is 35.7 Å². The van der Waals surface area contributed by atoms with Crippen LogP contribution in [0.5, 0.6) is 5.75 Å². The molecule has 4 nitrogen and oxygen atoms in total. The van der Waals surface area contributed by atoms with Crippen molar-refractivity contribution >= 4 is 17.2 Å². The Labute approximate surface area is 146 Å². The lowest BCUT2D eigenvalue weighted by atomic mass is 10.1. The predicted octanol–water partition coefficient (Wildman–Crippen LogP) is 2.61. The van der Waals surface area contributed by atoms with Gasteiger partial charge in [-0.2, -0.15) is 0 Å². The quantitative estimate of drug-likeness (QED) is 0.929. The number of benzene rings is 1. The Kier molecular flexibility index (Phi) is 4.29. The first-order chi connectivity index (χ1) is 11.7. The fourth-order valence-electron chi connectivity index (χ4n) is 3.47. The van der Waals surface area contributed by atoms with Gasteiger partial charge < -0.3 is 10.1 Å². The molecule has 0 saturated heterocycles. The maximum atomic E-state index is 12.4. The number of ether oxygens (including phenoxy) is 1. The van der Waals surface area contributed by atoms with Crippen LogP contribution in [0.2, 0.25) is 0 Å². The number of carbonyl (C=O) groups is 1. The van der Waals surface area contributed by atoms with Crippen LogP contribution in [0.4, 0.5) is 0 Å². The van der Waals surface area contributed by atoms with Crippen LogP contribution >= 0.6 is 11.3 Å². The Morgan fingerprint density at radius 3 is 3.12 bits per heavy atom. The molecule has 0 saturated carbocycles. The molecular weight excluding hydrogens is 320 g/mol. The van der Waals surface area contributed by atoms with Crippen molar-refractivity contribution in [1.82, 2.24) is 10.2 Å². The Balaban J connectivity index is 1.29. The number of carbonyl (C=O) groups excluding carboxylic acids is 1. The van der Waals surface area contributed by atoms with E-state index in [0.717, 1.165) is 30.8 Å². The second-order valence-corrected chi connectivity index (χ2v) is 7.60. The summed E-state index contributed by atoms with van der Waals surface area (Å²) in [4.78, 5) is 16.4.